The Bertz CT molecular complexity index is 1070. The number of benzene rings is 2. The summed E-state index contributed by atoms with van der Waals surface area (Å²) in [4.78, 5) is 12.4. The van der Waals surface area contributed by atoms with Crippen LogP contribution < -0.4 is 14.8 Å². The first-order valence-electron chi connectivity index (χ1n) is 9.42. The minimum Gasteiger partial charge on any atom is -0.483 e. The van der Waals surface area contributed by atoms with E-state index in [0.29, 0.717) is 17.3 Å². The summed E-state index contributed by atoms with van der Waals surface area (Å²) >= 11 is 0. The van der Waals surface area contributed by atoms with Gasteiger partial charge in [0.2, 0.25) is 0 Å². The van der Waals surface area contributed by atoms with Gasteiger partial charge < -0.3 is 14.8 Å². The van der Waals surface area contributed by atoms with Gasteiger partial charge in [-0.05, 0) is 61.9 Å². The summed E-state index contributed by atoms with van der Waals surface area (Å²) in [5, 5.41) is 14.4. The minimum absolute atomic E-state index is 0.118. The number of amides is 1. The van der Waals surface area contributed by atoms with Crippen molar-refractivity contribution in [1.29, 1.82) is 0 Å². The Morgan fingerprint density at radius 3 is 2.86 bits per heavy atom. The van der Waals surface area contributed by atoms with Crippen LogP contribution in [0.3, 0.4) is 0 Å². The van der Waals surface area contributed by atoms with Gasteiger partial charge in [0.05, 0.1) is 5.69 Å². The van der Waals surface area contributed by atoms with E-state index < -0.39 is 0 Å². The molecule has 0 unspecified atom stereocenters. The third kappa shape index (κ3) is 3.91. The highest BCUT2D eigenvalue weighted by molar-refractivity contribution is 5.92. The molecule has 1 aliphatic rings. The van der Waals surface area contributed by atoms with Crippen LogP contribution in [-0.4, -0.2) is 38.3 Å². The molecule has 150 valence electrons. The Morgan fingerprint density at radius 2 is 2.10 bits per heavy atom. The molecule has 8 nitrogen and oxygen atoms in total. The third-order valence-corrected chi connectivity index (χ3v) is 4.76. The van der Waals surface area contributed by atoms with Crippen molar-refractivity contribution in [2.45, 2.75) is 39.7 Å². The van der Waals surface area contributed by atoms with E-state index in [0.717, 1.165) is 29.0 Å². The molecule has 1 aliphatic heterocycles. The van der Waals surface area contributed by atoms with Crippen molar-refractivity contribution in [2.75, 3.05) is 11.9 Å². The second-order valence-electron chi connectivity index (χ2n) is 7.76. The van der Waals surface area contributed by atoms with Crippen LogP contribution in [0.15, 0.2) is 36.4 Å². The van der Waals surface area contributed by atoms with Gasteiger partial charge in [-0.25, -0.2) is 0 Å². The van der Waals surface area contributed by atoms with Crippen LogP contribution in [0, 0.1) is 13.8 Å². The van der Waals surface area contributed by atoms with Gasteiger partial charge >= 0.3 is 0 Å². The molecular formula is C21H23N5O3. The van der Waals surface area contributed by atoms with Gasteiger partial charge in [-0.15, -0.1) is 5.10 Å². The topological polar surface area (TPSA) is 91.2 Å². The Morgan fingerprint density at radius 1 is 1.28 bits per heavy atom. The third-order valence-electron chi connectivity index (χ3n) is 4.76. The van der Waals surface area contributed by atoms with Crippen molar-refractivity contribution in [2.24, 2.45) is 0 Å². The first-order chi connectivity index (χ1) is 13.8. The first kappa shape index (κ1) is 18.9. The van der Waals surface area contributed by atoms with Crippen LogP contribution >= 0.6 is 0 Å². The van der Waals surface area contributed by atoms with E-state index in [4.69, 9.17) is 9.47 Å². The van der Waals surface area contributed by atoms with Crippen molar-refractivity contribution < 1.29 is 14.3 Å². The van der Waals surface area contributed by atoms with E-state index in [2.05, 4.69) is 20.8 Å². The summed E-state index contributed by atoms with van der Waals surface area (Å²) in [6.45, 7) is 7.73. The number of aromatic nitrogens is 4. The van der Waals surface area contributed by atoms with Crippen LogP contribution in [-0.2, 0) is 11.2 Å². The number of ether oxygens (including phenoxy) is 2. The van der Waals surface area contributed by atoms with Crippen molar-refractivity contribution in [3.05, 3.63) is 53.3 Å². The van der Waals surface area contributed by atoms with Crippen molar-refractivity contribution in [3.8, 4) is 17.2 Å². The number of rotatable bonds is 5. The molecule has 4 rings (SSSR count). The summed E-state index contributed by atoms with van der Waals surface area (Å²) in [5.41, 5.74) is 3.27. The average Bonchev–Trinajstić information content (AvgIpc) is 3.22. The lowest BCUT2D eigenvalue weighted by molar-refractivity contribution is -0.118. The molecule has 0 saturated carbocycles. The van der Waals surface area contributed by atoms with E-state index in [1.165, 1.54) is 0 Å². The Kier molecular flexibility index (Phi) is 4.70. The van der Waals surface area contributed by atoms with Crippen molar-refractivity contribution in [1.82, 2.24) is 20.2 Å². The van der Waals surface area contributed by atoms with Gasteiger partial charge in [0, 0.05) is 17.7 Å². The second kappa shape index (κ2) is 7.20. The van der Waals surface area contributed by atoms with Crippen LogP contribution in [0.4, 0.5) is 5.69 Å². The van der Waals surface area contributed by atoms with Crippen molar-refractivity contribution >= 4 is 11.6 Å². The van der Waals surface area contributed by atoms with Crippen molar-refractivity contribution in [3.63, 3.8) is 0 Å². The number of aryl methyl sites for hydroxylation is 2. The lowest BCUT2D eigenvalue weighted by Gasteiger charge is -2.18. The SMILES string of the molecule is Cc1ccc(NC(=O)COc2cccc3c2OC(C)(C)C3)cc1-n1nnnc1C. The molecule has 29 heavy (non-hydrogen) atoms. The molecular weight excluding hydrogens is 370 g/mol. The number of fused-ring (bicyclic) bond motifs is 1. The molecule has 8 heteroatoms. The molecule has 0 radical (unpaired) electrons. The van der Waals surface area contributed by atoms with Crippen LogP contribution in [0.5, 0.6) is 11.5 Å². The molecule has 0 saturated heterocycles. The lowest BCUT2D eigenvalue weighted by atomic mass is 10.0. The van der Waals surface area contributed by atoms with E-state index in [1.54, 1.807) is 4.68 Å². The number of para-hydroxylation sites is 1. The monoisotopic (exact) mass is 393 g/mol. The number of tetrazole rings is 1. The van der Waals surface area contributed by atoms with Gasteiger partial charge in [-0.2, -0.15) is 4.68 Å². The Hall–Kier alpha value is -3.42. The maximum absolute atomic E-state index is 12.4. The van der Waals surface area contributed by atoms with E-state index in [9.17, 15) is 4.79 Å². The zero-order valence-corrected chi connectivity index (χ0v) is 16.9. The molecule has 2 aromatic carbocycles. The Labute approximate surface area is 168 Å². The Balaban J connectivity index is 1.44. The summed E-state index contributed by atoms with van der Waals surface area (Å²) in [6.07, 6.45) is 0.814. The summed E-state index contributed by atoms with van der Waals surface area (Å²) in [7, 11) is 0. The maximum Gasteiger partial charge on any atom is 0.262 e. The molecule has 1 amide bonds. The fourth-order valence-electron chi connectivity index (χ4n) is 3.41. The normalized spacial score (nSPS) is 14.2. The smallest absolute Gasteiger partial charge is 0.262 e. The summed E-state index contributed by atoms with van der Waals surface area (Å²) < 4.78 is 13.4. The molecule has 0 aliphatic carbocycles. The maximum atomic E-state index is 12.4. The van der Waals surface area contributed by atoms with Gasteiger partial charge in [-0.1, -0.05) is 18.2 Å². The van der Waals surface area contributed by atoms with E-state index >= 15 is 0 Å². The zero-order chi connectivity index (χ0) is 20.6. The van der Waals surface area contributed by atoms with Gasteiger partial charge in [0.1, 0.15) is 5.60 Å². The highest BCUT2D eigenvalue weighted by Gasteiger charge is 2.32. The van der Waals surface area contributed by atoms with Crippen LogP contribution in [0.1, 0.15) is 30.8 Å². The van der Waals surface area contributed by atoms with Crippen LogP contribution in [0.2, 0.25) is 0 Å². The average molecular weight is 393 g/mol. The first-order valence-corrected chi connectivity index (χ1v) is 9.42. The number of carbonyl (C=O) groups excluding carboxylic acids is 1. The highest BCUT2D eigenvalue weighted by atomic mass is 16.5. The number of nitrogens with one attached hydrogen (secondary N) is 1. The minimum atomic E-state index is -0.267. The number of anilines is 1. The zero-order valence-electron chi connectivity index (χ0n) is 16.9. The summed E-state index contributed by atoms with van der Waals surface area (Å²) in [5.74, 6) is 1.71. The standard InChI is InChI=1S/C21H23N5O3/c1-13-8-9-16(10-17(13)26-14(2)23-24-25-26)22-19(27)12-28-18-7-5-6-15-11-21(3,4)29-20(15)18/h5-10H,11-12H2,1-4H3,(H,22,27). The van der Waals surface area contributed by atoms with E-state index in [1.807, 2.05) is 64.1 Å². The predicted octanol–water partition coefficient (Wildman–Crippen LogP) is 3.01. The van der Waals surface area contributed by atoms with Gasteiger partial charge in [-0.3, -0.25) is 4.79 Å². The predicted molar refractivity (Wildman–Crippen MR) is 108 cm³/mol. The quantitative estimate of drug-likeness (QED) is 0.717. The van der Waals surface area contributed by atoms with E-state index in [-0.39, 0.29) is 18.1 Å². The molecule has 1 N–H and O–H groups in total. The van der Waals surface area contributed by atoms with Crippen LogP contribution in [0.25, 0.3) is 5.69 Å². The van der Waals surface area contributed by atoms with Gasteiger partial charge in [0.15, 0.2) is 23.9 Å². The fourth-order valence-corrected chi connectivity index (χ4v) is 3.41. The number of carbonyl (C=O) groups is 1. The number of hydrogen-bond acceptors (Lipinski definition) is 6. The molecule has 0 bridgehead atoms. The largest absolute Gasteiger partial charge is 0.483 e. The number of hydrogen-bond donors (Lipinski definition) is 1. The molecule has 2 heterocycles. The number of nitrogens with zero attached hydrogens (tertiary/aromatic N) is 4. The molecule has 0 fully saturated rings. The second-order valence-corrected chi connectivity index (χ2v) is 7.76. The highest BCUT2D eigenvalue weighted by Crippen LogP contribution is 2.41. The molecule has 3 aromatic rings. The molecule has 0 spiro atoms. The molecule has 1 aromatic heterocycles. The molecule has 0 atom stereocenters. The van der Waals surface area contributed by atoms with Gasteiger partial charge in [0.25, 0.3) is 5.91 Å². The fraction of sp³-hybridized carbons (Fsp3) is 0.333. The summed E-state index contributed by atoms with van der Waals surface area (Å²) in [6, 6.07) is 11.3. The lowest BCUT2D eigenvalue weighted by Crippen LogP contribution is -2.25.